The Bertz CT molecular complexity index is 625. The largest absolute Gasteiger partial charge is 0.466 e. The predicted octanol–water partition coefficient (Wildman–Crippen LogP) is 3.43. The molecule has 0 saturated carbocycles. The first kappa shape index (κ1) is 14.8. The van der Waals surface area contributed by atoms with Gasteiger partial charge in [0, 0.05) is 6.54 Å². The fourth-order valence-corrected chi connectivity index (χ4v) is 2.26. The molecule has 6 heteroatoms. The number of benzene rings is 1. The van der Waals surface area contributed by atoms with Crippen molar-refractivity contribution >= 4 is 28.6 Å². The molecule has 0 aliphatic carbocycles. The number of nitrogens with zero attached hydrogens (tertiary/aromatic N) is 2. The molecular formula is C14H16ClFN2O2. The summed E-state index contributed by atoms with van der Waals surface area (Å²) in [7, 11) is 0. The summed E-state index contributed by atoms with van der Waals surface area (Å²) in [6.07, 6.45) is 0.201. The zero-order chi connectivity index (χ0) is 14.7. The van der Waals surface area contributed by atoms with Gasteiger partial charge < -0.3 is 9.30 Å². The van der Waals surface area contributed by atoms with Crippen LogP contribution in [0.3, 0.4) is 0 Å². The third-order valence-corrected chi connectivity index (χ3v) is 3.14. The van der Waals surface area contributed by atoms with Gasteiger partial charge in [-0.2, -0.15) is 0 Å². The zero-order valence-corrected chi connectivity index (χ0v) is 12.2. The lowest BCUT2D eigenvalue weighted by molar-refractivity contribution is -0.143. The molecular weight excluding hydrogens is 283 g/mol. The van der Waals surface area contributed by atoms with E-state index < -0.39 is 0 Å². The molecule has 1 aromatic carbocycles. The van der Waals surface area contributed by atoms with Gasteiger partial charge in [0.15, 0.2) is 0 Å². The average Bonchev–Trinajstić information content (AvgIpc) is 2.75. The Morgan fingerprint density at radius 3 is 2.95 bits per heavy atom. The molecule has 1 heterocycles. The molecule has 0 radical (unpaired) electrons. The molecule has 2 rings (SSSR count). The van der Waals surface area contributed by atoms with Crippen molar-refractivity contribution in [2.45, 2.75) is 32.2 Å². The molecule has 0 amide bonds. The number of hydrogen-bond acceptors (Lipinski definition) is 3. The molecule has 2 aromatic rings. The minimum absolute atomic E-state index is 0.201. The van der Waals surface area contributed by atoms with Gasteiger partial charge in [0.05, 0.1) is 29.4 Å². The molecule has 0 spiro atoms. The Morgan fingerprint density at radius 2 is 2.30 bits per heavy atom. The molecule has 0 bridgehead atoms. The summed E-state index contributed by atoms with van der Waals surface area (Å²) in [6.45, 7) is 4.26. The standard InChI is InChI=1S/C14H16ClFN2O2/c1-3-20-13(19)6-7-18-12-8-10(16)4-5-11(12)17-14(18)9(2)15/h4-5,8-9H,3,6-7H2,1-2H3. The van der Waals surface area contributed by atoms with Gasteiger partial charge in [-0.05, 0) is 32.0 Å². The minimum Gasteiger partial charge on any atom is -0.466 e. The van der Waals surface area contributed by atoms with Crippen molar-refractivity contribution in [1.29, 1.82) is 0 Å². The fraction of sp³-hybridized carbons (Fsp3) is 0.429. The second-order valence-electron chi connectivity index (χ2n) is 4.43. The Labute approximate surface area is 121 Å². The molecule has 0 aliphatic rings. The maximum Gasteiger partial charge on any atom is 0.307 e. The number of aromatic nitrogens is 2. The first-order valence-electron chi connectivity index (χ1n) is 6.48. The molecule has 0 aliphatic heterocycles. The van der Waals surface area contributed by atoms with Crippen LogP contribution in [-0.4, -0.2) is 22.1 Å². The van der Waals surface area contributed by atoms with Gasteiger partial charge in [0.25, 0.3) is 0 Å². The molecule has 4 nitrogen and oxygen atoms in total. The number of esters is 1. The molecule has 20 heavy (non-hydrogen) atoms. The molecule has 0 N–H and O–H groups in total. The van der Waals surface area contributed by atoms with Crippen molar-refractivity contribution in [3.8, 4) is 0 Å². The van der Waals surface area contributed by atoms with Crippen molar-refractivity contribution in [1.82, 2.24) is 9.55 Å². The number of aryl methyl sites for hydroxylation is 1. The topological polar surface area (TPSA) is 44.1 Å². The van der Waals surface area contributed by atoms with Gasteiger partial charge in [0.2, 0.25) is 0 Å². The highest BCUT2D eigenvalue weighted by Gasteiger charge is 2.16. The van der Waals surface area contributed by atoms with E-state index in [0.29, 0.717) is 30.0 Å². The summed E-state index contributed by atoms with van der Waals surface area (Å²) >= 11 is 6.10. The van der Waals surface area contributed by atoms with E-state index in [4.69, 9.17) is 16.3 Å². The van der Waals surface area contributed by atoms with Gasteiger partial charge in [-0.1, -0.05) is 0 Å². The minimum atomic E-state index is -0.344. The van der Waals surface area contributed by atoms with Crippen molar-refractivity contribution in [2.24, 2.45) is 0 Å². The van der Waals surface area contributed by atoms with E-state index in [9.17, 15) is 9.18 Å². The van der Waals surface area contributed by atoms with E-state index >= 15 is 0 Å². The second-order valence-corrected chi connectivity index (χ2v) is 5.08. The SMILES string of the molecule is CCOC(=O)CCn1c(C(C)Cl)nc2ccc(F)cc21. The predicted molar refractivity (Wildman–Crippen MR) is 75.2 cm³/mol. The maximum absolute atomic E-state index is 13.4. The number of hydrogen-bond donors (Lipinski definition) is 0. The van der Waals surface area contributed by atoms with E-state index in [1.54, 1.807) is 24.5 Å². The number of carbonyl (C=O) groups excluding carboxylic acids is 1. The van der Waals surface area contributed by atoms with Crippen LogP contribution >= 0.6 is 11.6 Å². The van der Waals surface area contributed by atoms with E-state index in [1.165, 1.54) is 12.1 Å². The molecule has 0 saturated heterocycles. The number of halogens is 2. The summed E-state index contributed by atoms with van der Waals surface area (Å²) in [5.74, 6) is -0.0148. The highest BCUT2D eigenvalue weighted by Crippen LogP contribution is 2.25. The van der Waals surface area contributed by atoms with Crippen LogP contribution in [0.4, 0.5) is 4.39 Å². The first-order chi connectivity index (χ1) is 9.52. The van der Waals surface area contributed by atoms with Gasteiger partial charge in [0.1, 0.15) is 11.6 Å². The van der Waals surface area contributed by atoms with Crippen LogP contribution in [0.2, 0.25) is 0 Å². The number of imidazole rings is 1. The van der Waals surface area contributed by atoms with Crippen LogP contribution in [0.1, 0.15) is 31.5 Å². The van der Waals surface area contributed by atoms with E-state index in [-0.39, 0.29) is 23.6 Å². The van der Waals surface area contributed by atoms with Crippen molar-refractivity contribution in [2.75, 3.05) is 6.61 Å². The Morgan fingerprint density at radius 1 is 1.55 bits per heavy atom. The third-order valence-electron chi connectivity index (χ3n) is 2.94. The van der Waals surface area contributed by atoms with Gasteiger partial charge in [-0.15, -0.1) is 11.6 Å². The first-order valence-corrected chi connectivity index (χ1v) is 6.92. The van der Waals surface area contributed by atoms with Crippen LogP contribution in [0.25, 0.3) is 11.0 Å². The van der Waals surface area contributed by atoms with Gasteiger partial charge in [-0.3, -0.25) is 4.79 Å². The normalized spacial score (nSPS) is 12.6. The van der Waals surface area contributed by atoms with Crippen molar-refractivity contribution in [3.05, 3.63) is 29.8 Å². The Balaban J connectivity index is 2.35. The quantitative estimate of drug-likeness (QED) is 0.627. The molecule has 1 atom stereocenters. The number of alkyl halides is 1. The zero-order valence-electron chi connectivity index (χ0n) is 11.4. The maximum atomic E-state index is 13.4. The summed E-state index contributed by atoms with van der Waals surface area (Å²) in [5.41, 5.74) is 1.30. The monoisotopic (exact) mass is 298 g/mol. The highest BCUT2D eigenvalue weighted by molar-refractivity contribution is 6.20. The van der Waals surface area contributed by atoms with Gasteiger partial charge >= 0.3 is 5.97 Å². The molecule has 108 valence electrons. The number of ether oxygens (including phenoxy) is 1. The van der Waals surface area contributed by atoms with Crippen molar-refractivity contribution < 1.29 is 13.9 Å². The molecule has 1 unspecified atom stereocenters. The number of rotatable bonds is 5. The molecule has 0 fully saturated rings. The van der Waals surface area contributed by atoms with E-state index in [2.05, 4.69) is 4.98 Å². The summed E-state index contributed by atoms with van der Waals surface area (Å²) in [5, 5.41) is -0.326. The van der Waals surface area contributed by atoms with E-state index in [1.807, 2.05) is 0 Å². The highest BCUT2D eigenvalue weighted by atomic mass is 35.5. The van der Waals surface area contributed by atoms with Crippen LogP contribution < -0.4 is 0 Å². The van der Waals surface area contributed by atoms with Crippen LogP contribution in [-0.2, 0) is 16.1 Å². The number of fused-ring (bicyclic) bond motifs is 1. The smallest absolute Gasteiger partial charge is 0.307 e. The Hall–Kier alpha value is -1.62. The summed E-state index contributed by atoms with van der Waals surface area (Å²) in [4.78, 5) is 15.8. The molecule has 1 aromatic heterocycles. The second kappa shape index (κ2) is 6.22. The van der Waals surface area contributed by atoms with Crippen molar-refractivity contribution in [3.63, 3.8) is 0 Å². The van der Waals surface area contributed by atoms with E-state index in [0.717, 1.165) is 0 Å². The third kappa shape index (κ3) is 3.10. The number of carbonyl (C=O) groups is 1. The lowest BCUT2D eigenvalue weighted by Crippen LogP contribution is -2.11. The van der Waals surface area contributed by atoms with Crippen LogP contribution in [0.15, 0.2) is 18.2 Å². The lowest BCUT2D eigenvalue weighted by Gasteiger charge is -2.10. The van der Waals surface area contributed by atoms with Crippen LogP contribution in [0.5, 0.6) is 0 Å². The van der Waals surface area contributed by atoms with Gasteiger partial charge in [-0.25, -0.2) is 9.37 Å². The summed E-state index contributed by atoms with van der Waals surface area (Å²) in [6, 6.07) is 4.36. The lowest BCUT2D eigenvalue weighted by atomic mass is 10.3. The summed E-state index contributed by atoms with van der Waals surface area (Å²) < 4.78 is 20.0. The fourth-order valence-electron chi connectivity index (χ4n) is 2.09. The van der Waals surface area contributed by atoms with Crippen LogP contribution in [0, 0.1) is 5.82 Å². The Kier molecular flexibility index (Phi) is 4.60. The average molecular weight is 299 g/mol.